The van der Waals surface area contributed by atoms with E-state index in [1.54, 1.807) is 6.92 Å². The molecular weight excluding hydrogens is 334 g/mol. The Bertz CT molecular complexity index is 617. The zero-order valence-electron chi connectivity index (χ0n) is 15.6. The van der Waals surface area contributed by atoms with E-state index in [0.717, 1.165) is 24.2 Å². The predicted octanol–water partition coefficient (Wildman–Crippen LogP) is 4.02. The number of esters is 1. The van der Waals surface area contributed by atoms with Crippen molar-refractivity contribution in [1.29, 1.82) is 0 Å². The maximum absolute atomic E-state index is 12.3. The molecule has 1 fully saturated rings. The first-order valence-corrected chi connectivity index (χ1v) is 10.0. The molecule has 3 unspecified atom stereocenters. The van der Waals surface area contributed by atoms with Crippen molar-refractivity contribution < 1.29 is 14.3 Å². The molecule has 1 aromatic rings. The number of ether oxygens (including phenoxy) is 1. The van der Waals surface area contributed by atoms with E-state index in [1.165, 1.54) is 29.3 Å². The highest BCUT2D eigenvalue weighted by atomic mass is 32.2. The second kappa shape index (κ2) is 9.27. The van der Waals surface area contributed by atoms with Crippen LogP contribution in [-0.4, -0.2) is 29.8 Å². The van der Waals surface area contributed by atoms with Crippen molar-refractivity contribution >= 4 is 23.6 Å². The van der Waals surface area contributed by atoms with Crippen LogP contribution in [0.15, 0.2) is 23.1 Å². The number of thioether (sulfide) groups is 1. The molecule has 4 nitrogen and oxygen atoms in total. The molecule has 1 amide bonds. The Labute approximate surface area is 155 Å². The van der Waals surface area contributed by atoms with Gasteiger partial charge in [0.2, 0.25) is 0 Å². The molecule has 0 aliphatic heterocycles. The fourth-order valence-electron chi connectivity index (χ4n) is 3.06. The van der Waals surface area contributed by atoms with Crippen LogP contribution < -0.4 is 5.32 Å². The number of benzene rings is 1. The monoisotopic (exact) mass is 363 g/mol. The van der Waals surface area contributed by atoms with Crippen molar-refractivity contribution in [2.75, 3.05) is 5.75 Å². The van der Waals surface area contributed by atoms with Crippen molar-refractivity contribution in [3.05, 3.63) is 29.3 Å². The van der Waals surface area contributed by atoms with Gasteiger partial charge in [-0.15, -0.1) is 11.8 Å². The Morgan fingerprint density at radius 1 is 1.24 bits per heavy atom. The molecule has 1 aromatic carbocycles. The molecule has 138 valence electrons. The van der Waals surface area contributed by atoms with Gasteiger partial charge in [0.15, 0.2) is 6.10 Å². The third kappa shape index (κ3) is 6.07. The lowest BCUT2D eigenvalue weighted by Crippen LogP contribution is -2.46. The summed E-state index contributed by atoms with van der Waals surface area (Å²) in [7, 11) is 0. The summed E-state index contributed by atoms with van der Waals surface area (Å²) in [6, 6.07) is 6.31. The van der Waals surface area contributed by atoms with Gasteiger partial charge in [-0.1, -0.05) is 25.8 Å². The maximum atomic E-state index is 12.3. The molecule has 1 saturated carbocycles. The molecular formula is C20H29NO3S. The van der Waals surface area contributed by atoms with E-state index in [-0.39, 0.29) is 23.7 Å². The van der Waals surface area contributed by atoms with Gasteiger partial charge in [-0.3, -0.25) is 9.59 Å². The SMILES string of the molecule is Cc1ccc(SCC(=O)OC(C)C(=O)NC2CCCCC2C)cc1C. The molecule has 3 atom stereocenters. The van der Waals surface area contributed by atoms with E-state index in [4.69, 9.17) is 4.74 Å². The second-order valence-electron chi connectivity index (χ2n) is 7.04. The van der Waals surface area contributed by atoms with E-state index in [9.17, 15) is 9.59 Å². The topological polar surface area (TPSA) is 55.4 Å². The summed E-state index contributed by atoms with van der Waals surface area (Å²) < 4.78 is 5.29. The fraction of sp³-hybridized carbons (Fsp3) is 0.600. The molecule has 0 bridgehead atoms. The van der Waals surface area contributed by atoms with E-state index in [1.807, 2.05) is 12.1 Å². The fourth-order valence-corrected chi connectivity index (χ4v) is 3.84. The highest BCUT2D eigenvalue weighted by molar-refractivity contribution is 8.00. The molecule has 0 saturated heterocycles. The zero-order chi connectivity index (χ0) is 18.4. The molecule has 0 radical (unpaired) electrons. The summed E-state index contributed by atoms with van der Waals surface area (Å²) in [5, 5.41) is 3.04. The lowest BCUT2D eigenvalue weighted by Gasteiger charge is -2.30. The highest BCUT2D eigenvalue weighted by Gasteiger charge is 2.26. The van der Waals surface area contributed by atoms with Crippen LogP contribution in [0.3, 0.4) is 0 Å². The number of amides is 1. The van der Waals surface area contributed by atoms with Gasteiger partial charge in [-0.2, -0.15) is 0 Å². The van der Waals surface area contributed by atoms with Gasteiger partial charge < -0.3 is 10.1 Å². The summed E-state index contributed by atoms with van der Waals surface area (Å²) in [5.74, 6) is 0.145. The third-order valence-corrected chi connectivity index (χ3v) is 5.92. The van der Waals surface area contributed by atoms with Crippen LogP contribution >= 0.6 is 11.8 Å². The normalized spacial score (nSPS) is 21.4. The standard InChI is InChI=1S/C20H29NO3S/c1-13-9-10-17(11-15(13)3)25-12-19(22)24-16(4)20(23)21-18-8-6-5-7-14(18)2/h9-11,14,16,18H,5-8,12H2,1-4H3,(H,21,23). The minimum absolute atomic E-state index is 0.191. The van der Waals surface area contributed by atoms with Crippen LogP contribution in [0, 0.1) is 19.8 Å². The number of carbonyl (C=O) groups excluding carboxylic acids is 2. The van der Waals surface area contributed by atoms with Crippen LogP contribution in [0.25, 0.3) is 0 Å². The molecule has 25 heavy (non-hydrogen) atoms. The molecule has 0 heterocycles. The first-order chi connectivity index (χ1) is 11.9. The van der Waals surface area contributed by atoms with E-state index in [0.29, 0.717) is 5.92 Å². The largest absolute Gasteiger partial charge is 0.452 e. The summed E-state index contributed by atoms with van der Waals surface area (Å²) >= 11 is 1.43. The highest BCUT2D eigenvalue weighted by Crippen LogP contribution is 2.24. The molecule has 0 aromatic heterocycles. The Morgan fingerprint density at radius 3 is 2.64 bits per heavy atom. The first-order valence-electron chi connectivity index (χ1n) is 9.06. The molecule has 1 aliphatic carbocycles. The lowest BCUT2D eigenvalue weighted by molar-refractivity contribution is -0.152. The van der Waals surface area contributed by atoms with Gasteiger partial charge in [-0.05, 0) is 62.8 Å². The minimum atomic E-state index is -0.748. The molecule has 1 aliphatic rings. The summed E-state index contributed by atoms with van der Waals surface area (Å²) in [5.41, 5.74) is 2.43. The van der Waals surface area contributed by atoms with Crippen molar-refractivity contribution in [3.8, 4) is 0 Å². The number of nitrogens with one attached hydrogen (secondary N) is 1. The van der Waals surface area contributed by atoms with Gasteiger partial charge >= 0.3 is 5.97 Å². The average Bonchev–Trinajstić information content (AvgIpc) is 2.58. The summed E-state index contributed by atoms with van der Waals surface area (Å²) in [6.45, 7) is 7.92. The summed E-state index contributed by atoms with van der Waals surface area (Å²) in [4.78, 5) is 25.3. The number of rotatable bonds is 6. The minimum Gasteiger partial charge on any atom is -0.452 e. The van der Waals surface area contributed by atoms with Gasteiger partial charge in [0.25, 0.3) is 5.91 Å². The zero-order valence-corrected chi connectivity index (χ0v) is 16.4. The number of hydrogen-bond acceptors (Lipinski definition) is 4. The van der Waals surface area contributed by atoms with Crippen LogP contribution in [0.5, 0.6) is 0 Å². The Morgan fingerprint density at radius 2 is 1.96 bits per heavy atom. The number of hydrogen-bond donors (Lipinski definition) is 1. The molecule has 5 heteroatoms. The molecule has 1 N–H and O–H groups in total. The molecule has 2 rings (SSSR count). The lowest BCUT2D eigenvalue weighted by atomic mass is 9.86. The predicted molar refractivity (Wildman–Crippen MR) is 102 cm³/mol. The van der Waals surface area contributed by atoms with Crippen LogP contribution in [0.2, 0.25) is 0 Å². The van der Waals surface area contributed by atoms with E-state index in [2.05, 4.69) is 32.2 Å². The molecule has 0 spiro atoms. The van der Waals surface area contributed by atoms with Crippen molar-refractivity contribution in [3.63, 3.8) is 0 Å². The van der Waals surface area contributed by atoms with E-state index >= 15 is 0 Å². The smallest absolute Gasteiger partial charge is 0.317 e. The van der Waals surface area contributed by atoms with Crippen LogP contribution in [0.1, 0.15) is 50.7 Å². The van der Waals surface area contributed by atoms with Crippen LogP contribution in [-0.2, 0) is 14.3 Å². The van der Waals surface area contributed by atoms with Gasteiger partial charge in [-0.25, -0.2) is 0 Å². The second-order valence-corrected chi connectivity index (χ2v) is 8.09. The van der Waals surface area contributed by atoms with Crippen molar-refractivity contribution in [2.45, 2.75) is 70.4 Å². The Hall–Kier alpha value is -1.49. The van der Waals surface area contributed by atoms with Crippen molar-refractivity contribution in [1.82, 2.24) is 5.32 Å². The quantitative estimate of drug-likeness (QED) is 0.613. The average molecular weight is 364 g/mol. The first kappa shape index (κ1) is 19.8. The Kier molecular flexibility index (Phi) is 7.36. The van der Waals surface area contributed by atoms with Gasteiger partial charge in [0.1, 0.15) is 0 Å². The van der Waals surface area contributed by atoms with Crippen molar-refractivity contribution in [2.24, 2.45) is 5.92 Å². The van der Waals surface area contributed by atoms with Crippen LogP contribution in [0.4, 0.5) is 0 Å². The summed E-state index contributed by atoms with van der Waals surface area (Å²) in [6.07, 6.45) is 3.79. The third-order valence-electron chi connectivity index (χ3n) is 4.95. The maximum Gasteiger partial charge on any atom is 0.317 e. The Balaban J connectivity index is 1.76. The van der Waals surface area contributed by atoms with E-state index < -0.39 is 6.10 Å². The number of carbonyl (C=O) groups is 2. The van der Waals surface area contributed by atoms with Gasteiger partial charge in [0, 0.05) is 10.9 Å². The number of aryl methyl sites for hydroxylation is 2. The van der Waals surface area contributed by atoms with Gasteiger partial charge in [0.05, 0.1) is 5.75 Å².